The zero-order valence-corrected chi connectivity index (χ0v) is 12.3. The number of rotatable bonds is 3. The minimum atomic E-state index is -0.311. The van der Waals surface area contributed by atoms with E-state index in [9.17, 15) is 4.79 Å². The quantitative estimate of drug-likeness (QED) is 0.925. The topological polar surface area (TPSA) is 51.2 Å². The molecule has 1 amide bonds. The molecule has 1 aromatic carbocycles. The van der Waals surface area contributed by atoms with E-state index in [4.69, 9.17) is 16.3 Å². The van der Waals surface area contributed by atoms with Crippen molar-refractivity contribution in [3.63, 3.8) is 0 Å². The van der Waals surface area contributed by atoms with Gasteiger partial charge in [0, 0.05) is 16.4 Å². The van der Waals surface area contributed by atoms with Crippen LogP contribution in [0.3, 0.4) is 0 Å². The number of nitrogens with zero attached hydrogens (tertiary/aromatic N) is 1. The van der Waals surface area contributed by atoms with Crippen LogP contribution >= 0.6 is 27.5 Å². The number of methoxy groups -OCH3 is 1. The molecule has 0 spiro atoms. The van der Waals surface area contributed by atoms with Crippen molar-refractivity contribution in [3.05, 3.63) is 51.7 Å². The molecule has 1 aromatic heterocycles. The molecule has 98 valence electrons. The summed E-state index contributed by atoms with van der Waals surface area (Å²) in [6.45, 7) is 0. The van der Waals surface area contributed by atoms with Crippen molar-refractivity contribution in [1.82, 2.24) is 4.98 Å². The number of amides is 1. The monoisotopic (exact) mass is 340 g/mol. The van der Waals surface area contributed by atoms with E-state index in [1.807, 2.05) is 0 Å². The zero-order chi connectivity index (χ0) is 13.8. The summed E-state index contributed by atoms with van der Waals surface area (Å²) in [5, 5.41) is 3.15. The molecule has 0 unspecified atom stereocenters. The highest BCUT2D eigenvalue weighted by atomic mass is 79.9. The minimum Gasteiger partial charge on any atom is -0.495 e. The van der Waals surface area contributed by atoms with E-state index < -0.39 is 0 Å². The van der Waals surface area contributed by atoms with Gasteiger partial charge < -0.3 is 10.1 Å². The maximum Gasteiger partial charge on any atom is 0.275 e. The van der Waals surface area contributed by atoms with Crippen LogP contribution in [0.25, 0.3) is 0 Å². The summed E-state index contributed by atoms with van der Waals surface area (Å²) < 4.78 is 5.68. The second-order valence-corrected chi connectivity index (χ2v) is 4.90. The fraction of sp³-hybridized carbons (Fsp3) is 0.0769. The van der Waals surface area contributed by atoms with Gasteiger partial charge in [-0.1, -0.05) is 11.6 Å². The summed E-state index contributed by atoms with van der Waals surface area (Å²) in [6.07, 6.45) is 1.56. The number of ether oxygens (including phenoxy) is 1. The lowest BCUT2D eigenvalue weighted by Gasteiger charge is -2.08. The number of carbonyl (C=O) groups excluding carboxylic acids is 1. The molecule has 0 bridgehead atoms. The Bertz CT molecular complexity index is 619. The van der Waals surface area contributed by atoms with E-state index in [2.05, 4.69) is 26.2 Å². The van der Waals surface area contributed by atoms with Gasteiger partial charge in [0.15, 0.2) is 0 Å². The Morgan fingerprint density at radius 1 is 1.42 bits per heavy atom. The lowest BCUT2D eigenvalue weighted by Crippen LogP contribution is -2.14. The summed E-state index contributed by atoms with van der Waals surface area (Å²) in [5.74, 6) is 0.243. The molecule has 0 aliphatic rings. The highest BCUT2D eigenvalue weighted by Crippen LogP contribution is 2.27. The van der Waals surface area contributed by atoms with Gasteiger partial charge in [-0.25, -0.2) is 4.98 Å². The minimum absolute atomic E-state index is 0.311. The van der Waals surface area contributed by atoms with Crippen LogP contribution in [-0.2, 0) is 0 Å². The summed E-state index contributed by atoms with van der Waals surface area (Å²) in [6, 6.07) is 8.51. The number of nitrogens with one attached hydrogen (secondary N) is 1. The molecule has 2 rings (SSSR count). The van der Waals surface area contributed by atoms with E-state index in [0.29, 0.717) is 26.6 Å². The van der Waals surface area contributed by atoms with Crippen LogP contribution < -0.4 is 10.1 Å². The second kappa shape index (κ2) is 6.04. The number of aromatic nitrogens is 1. The van der Waals surface area contributed by atoms with Crippen LogP contribution in [-0.4, -0.2) is 18.0 Å². The normalized spacial score (nSPS) is 10.1. The second-order valence-electron chi connectivity index (χ2n) is 3.64. The van der Waals surface area contributed by atoms with Crippen LogP contribution in [0.1, 0.15) is 10.5 Å². The first kappa shape index (κ1) is 13.8. The summed E-state index contributed by atoms with van der Waals surface area (Å²) in [5.41, 5.74) is 0.891. The van der Waals surface area contributed by atoms with Crippen molar-refractivity contribution >= 4 is 39.1 Å². The van der Waals surface area contributed by atoms with Crippen molar-refractivity contribution in [2.75, 3.05) is 12.4 Å². The molecule has 6 heteroatoms. The molecule has 0 radical (unpaired) electrons. The molecule has 0 saturated carbocycles. The number of anilines is 1. The largest absolute Gasteiger partial charge is 0.495 e. The molecule has 0 aliphatic heterocycles. The summed E-state index contributed by atoms with van der Waals surface area (Å²) in [7, 11) is 1.53. The zero-order valence-electron chi connectivity index (χ0n) is 9.98. The maximum absolute atomic E-state index is 12.0. The molecule has 0 aliphatic carbocycles. The van der Waals surface area contributed by atoms with Crippen LogP contribution in [0.2, 0.25) is 5.02 Å². The number of benzene rings is 1. The molecule has 1 N–H and O–H groups in total. The van der Waals surface area contributed by atoms with Crippen molar-refractivity contribution < 1.29 is 9.53 Å². The lowest BCUT2D eigenvalue weighted by molar-refractivity contribution is 0.102. The third kappa shape index (κ3) is 3.24. The van der Waals surface area contributed by atoms with Crippen LogP contribution in [0, 0.1) is 0 Å². The lowest BCUT2D eigenvalue weighted by atomic mass is 10.2. The van der Waals surface area contributed by atoms with Crippen molar-refractivity contribution in [3.8, 4) is 5.75 Å². The van der Waals surface area contributed by atoms with Gasteiger partial charge in [-0.15, -0.1) is 0 Å². The maximum atomic E-state index is 12.0. The van der Waals surface area contributed by atoms with Crippen molar-refractivity contribution in [2.45, 2.75) is 0 Å². The summed E-state index contributed by atoms with van der Waals surface area (Å²) >= 11 is 9.27. The van der Waals surface area contributed by atoms with Crippen LogP contribution in [0.5, 0.6) is 5.75 Å². The number of carbonyl (C=O) groups is 1. The third-order valence-electron chi connectivity index (χ3n) is 2.38. The summed E-state index contributed by atoms with van der Waals surface area (Å²) in [4.78, 5) is 16.0. The highest BCUT2D eigenvalue weighted by molar-refractivity contribution is 9.10. The average Bonchev–Trinajstić information content (AvgIpc) is 2.39. The van der Waals surface area contributed by atoms with E-state index in [1.165, 1.54) is 7.11 Å². The fourth-order valence-electron chi connectivity index (χ4n) is 1.49. The van der Waals surface area contributed by atoms with Crippen molar-refractivity contribution in [1.29, 1.82) is 0 Å². The first-order valence-electron chi connectivity index (χ1n) is 5.37. The SMILES string of the molecule is COc1ccc(NC(=O)c2ncccc2Br)cc1Cl. The Morgan fingerprint density at radius 3 is 2.84 bits per heavy atom. The molecule has 4 nitrogen and oxygen atoms in total. The Hall–Kier alpha value is -1.59. The molecule has 0 atom stereocenters. The Kier molecular flexibility index (Phi) is 4.39. The standard InChI is InChI=1S/C13H10BrClN2O2/c1-19-11-5-4-8(7-10(11)15)17-13(18)12-9(14)3-2-6-16-12/h2-7H,1H3,(H,17,18). The molecular weight excluding hydrogens is 332 g/mol. The highest BCUT2D eigenvalue weighted by Gasteiger charge is 2.12. The Morgan fingerprint density at radius 2 is 2.21 bits per heavy atom. The number of hydrogen-bond donors (Lipinski definition) is 1. The Balaban J connectivity index is 2.20. The van der Waals surface area contributed by atoms with Gasteiger partial charge in [0.05, 0.1) is 12.1 Å². The van der Waals surface area contributed by atoms with E-state index >= 15 is 0 Å². The molecule has 0 fully saturated rings. The fourth-order valence-corrected chi connectivity index (χ4v) is 2.18. The van der Waals surface area contributed by atoms with Gasteiger partial charge in [-0.05, 0) is 46.3 Å². The number of halogens is 2. The molecular formula is C13H10BrClN2O2. The number of pyridine rings is 1. The number of hydrogen-bond acceptors (Lipinski definition) is 3. The van der Waals surface area contributed by atoms with E-state index in [0.717, 1.165) is 0 Å². The molecule has 19 heavy (non-hydrogen) atoms. The predicted molar refractivity (Wildman–Crippen MR) is 77.9 cm³/mol. The Labute approximate surface area is 123 Å². The predicted octanol–water partition coefficient (Wildman–Crippen LogP) is 3.76. The molecule has 2 aromatic rings. The van der Waals surface area contributed by atoms with E-state index in [1.54, 1.807) is 36.5 Å². The van der Waals surface area contributed by atoms with Crippen LogP contribution in [0.4, 0.5) is 5.69 Å². The van der Waals surface area contributed by atoms with Gasteiger partial charge in [-0.3, -0.25) is 4.79 Å². The average molecular weight is 342 g/mol. The molecule has 1 heterocycles. The van der Waals surface area contributed by atoms with Gasteiger partial charge in [-0.2, -0.15) is 0 Å². The van der Waals surface area contributed by atoms with Crippen molar-refractivity contribution in [2.24, 2.45) is 0 Å². The van der Waals surface area contributed by atoms with Crippen LogP contribution in [0.15, 0.2) is 41.0 Å². The first-order chi connectivity index (χ1) is 9.11. The van der Waals surface area contributed by atoms with Gasteiger partial charge in [0.1, 0.15) is 11.4 Å². The van der Waals surface area contributed by atoms with Gasteiger partial charge in [0.25, 0.3) is 5.91 Å². The third-order valence-corrected chi connectivity index (χ3v) is 3.32. The van der Waals surface area contributed by atoms with Gasteiger partial charge in [0.2, 0.25) is 0 Å². The van der Waals surface area contributed by atoms with Gasteiger partial charge >= 0.3 is 0 Å². The molecule has 0 saturated heterocycles. The first-order valence-corrected chi connectivity index (χ1v) is 6.54. The smallest absolute Gasteiger partial charge is 0.275 e. The van der Waals surface area contributed by atoms with E-state index in [-0.39, 0.29) is 5.91 Å².